The van der Waals surface area contributed by atoms with E-state index in [4.69, 9.17) is 0 Å². The summed E-state index contributed by atoms with van der Waals surface area (Å²) in [6.07, 6.45) is 5.97. The van der Waals surface area contributed by atoms with Crippen molar-refractivity contribution in [3.05, 3.63) is 29.8 Å². The average molecular weight is 341 g/mol. The Morgan fingerprint density at radius 3 is 2.88 bits per heavy atom. The average Bonchev–Trinajstić information content (AvgIpc) is 3.06. The normalized spacial score (nSPS) is 29.3. The molecule has 1 aromatic carbocycles. The van der Waals surface area contributed by atoms with Gasteiger partial charge in [-0.25, -0.2) is 4.79 Å². The number of amides is 3. The number of rotatable bonds is 2. The third kappa shape index (κ3) is 3.12. The van der Waals surface area contributed by atoms with Crippen LogP contribution in [0.5, 0.6) is 0 Å². The van der Waals surface area contributed by atoms with E-state index in [0.29, 0.717) is 30.6 Å². The van der Waals surface area contributed by atoms with Crippen LogP contribution in [0.3, 0.4) is 0 Å². The molecule has 1 saturated carbocycles. The van der Waals surface area contributed by atoms with Crippen molar-refractivity contribution in [3.63, 3.8) is 0 Å². The van der Waals surface area contributed by atoms with E-state index >= 15 is 0 Å². The van der Waals surface area contributed by atoms with Crippen LogP contribution in [0.1, 0.15) is 49.4 Å². The van der Waals surface area contributed by atoms with Gasteiger partial charge in [-0.3, -0.25) is 9.69 Å². The van der Waals surface area contributed by atoms with Gasteiger partial charge in [-0.15, -0.1) is 0 Å². The van der Waals surface area contributed by atoms with Crippen LogP contribution in [0.2, 0.25) is 0 Å². The van der Waals surface area contributed by atoms with Crippen LogP contribution in [0.4, 0.5) is 10.5 Å². The second-order valence-corrected chi connectivity index (χ2v) is 7.82. The summed E-state index contributed by atoms with van der Waals surface area (Å²) in [6.45, 7) is 4.51. The van der Waals surface area contributed by atoms with Gasteiger partial charge in [-0.2, -0.15) is 0 Å². The highest BCUT2D eigenvalue weighted by atomic mass is 16.2. The maximum atomic E-state index is 13.2. The summed E-state index contributed by atoms with van der Waals surface area (Å²) >= 11 is 0. The van der Waals surface area contributed by atoms with Crippen molar-refractivity contribution < 1.29 is 9.59 Å². The van der Waals surface area contributed by atoms with Crippen LogP contribution in [-0.2, 0) is 0 Å². The van der Waals surface area contributed by atoms with Gasteiger partial charge in [-0.1, -0.05) is 13.0 Å². The minimum absolute atomic E-state index is 0.0797. The lowest BCUT2D eigenvalue weighted by molar-refractivity contribution is 0.0322. The Bertz CT molecular complexity index is 675. The molecule has 3 fully saturated rings. The van der Waals surface area contributed by atoms with E-state index in [1.54, 1.807) is 4.90 Å². The second-order valence-electron chi connectivity index (χ2n) is 7.82. The van der Waals surface area contributed by atoms with Crippen LogP contribution in [0, 0.1) is 11.8 Å². The molecule has 1 aromatic rings. The van der Waals surface area contributed by atoms with Crippen LogP contribution in [0.15, 0.2) is 24.3 Å². The van der Waals surface area contributed by atoms with E-state index in [0.717, 1.165) is 31.0 Å². The van der Waals surface area contributed by atoms with E-state index in [-0.39, 0.29) is 11.9 Å². The topological polar surface area (TPSA) is 52.7 Å². The summed E-state index contributed by atoms with van der Waals surface area (Å²) in [4.78, 5) is 28.9. The van der Waals surface area contributed by atoms with Crippen molar-refractivity contribution in [2.45, 2.75) is 45.1 Å². The fourth-order valence-corrected chi connectivity index (χ4v) is 4.84. The van der Waals surface area contributed by atoms with Crippen molar-refractivity contribution in [1.82, 2.24) is 10.2 Å². The third-order valence-electron chi connectivity index (χ3n) is 6.10. The van der Waals surface area contributed by atoms with Gasteiger partial charge in [0, 0.05) is 36.9 Å². The number of likely N-dealkylation sites (tertiary alicyclic amines) is 1. The molecule has 4 rings (SSSR count). The van der Waals surface area contributed by atoms with Crippen LogP contribution < -0.4 is 10.2 Å². The molecule has 2 aliphatic heterocycles. The molecule has 0 unspecified atom stereocenters. The molecule has 25 heavy (non-hydrogen) atoms. The minimum Gasteiger partial charge on any atom is -0.336 e. The van der Waals surface area contributed by atoms with Gasteiger partial charge in [0.25, 0.3) is 5.91 Å². The van der Waals surface area contributed by atoms with Gasteiger partial charge in [0.1, 0.15) is 0 Å². The van der Waals surface area contributed by atoms with E-state index in [2.05, 4.69) is 17.1 Å². The Morgan fingerprint density at radius 2 is 2.08 bits per heavy atom. The van der Waals surface area contributed by atoms with Crippen LogP contribution >= 0.6 is 0 Å². The Kier molecular flexibility index (Phi) is 4.40. The molecule has 134 valence electrons. The quantitative estimate of drug-likeness (QED) is 0.898. The van der Waals surface area contributed by atoms with Gasteiger partial charge in [0.05, 0.1) is 0 Å². The number of piperidine rings is 1. The largest absolute Gasteiger partial charge is 0.336 e. The molecule has 1 N–H and O–H groups in total. The van der Waals surface area contributed by atoms with Crippen molar-refractivity contribution in [2.24, 2.45) is 11.8 Å². The molecule has 3 aliphatic rings. The highest BCUT2D eigenvalue weighted by Crippen LogP contribution is 2.38. The van der Waals surface area contributed by atoms with E-state index in [9.17, 15) is 9.59 Å². The lowest BCUT2D eigenvalue weighted by Gasteiger charge is -2.45. The summed E-state index contributed by atoms with van der Waals surface area (Å²) < 4.78 is 0. The van der Waals surface area contributed by atoms with Gasteiger partial charge >= 0.3 is 6.03 Å². The van der Waals surface area contributed by atoms with Crippen molar-refractivity contribution in [2.75, 3.05) is 24.5 Å². The van der Waals surface area contributed by atoms with Gasteiger partial charge in [0.15, 0.2) is 0 Å². The Labute approximate surface area is 149 Å². The smallest absolute Gasteiger partial charge is 0.321 e. The van der Waals surface area contributed by atoms with Gasteiger partial charge < -0.3 is 10.2 Å². The van der Waals surface area contributed by atoms with E-state index in [1.165, 1.54) is 19.3 Å². The zero-order valence-corrected chi connectivity index (χ0v) is 14.9. The molecule has 0 spiro atoms. The number of hydrogen-bond acceptors (Lipinski definition) is 2. The molecule has 0 radical (unpaired) electrons. The van der Waals surface area contributed by atoms with Crippen molar-refractivity contribution in [1.29, 1.82) is 0 Å². The maximum absolute atomic E-state index is 13.2. The first-order valence-corrected chi connectivity index (χ1v) is 9.60. The molecule has 1 aliphatic carbocycles. The number of fused-ring (bicyclic) bond motifs is 1. The second kappa shape index (κ2) is 6.70. The van der Waals surface area contributed by atoms with Crippen LogP contribution in [-0.4, -0.2) is 42.5 Å². The zero-order valence-electron chi connectivity index (χ0n) is 14.9. The molecule has 3 atom stereocenters. The van der Waals surface area contributed by atoms with Gasteiger partial charge in [0.2, 0.25) is 0 Å². The third-order valence-corrected chi connectivity index (χ3v) is 6.10. The Balaban J connectivity index is 1.55. The minimum atomic E-state index is -0.0797. The predicted molar refractivity (Wildman–Crippen MR) is 97.8 cm³/mol. The summed E-state index contributed by atoms with van der Waals surface area (Å²) in [5, 5.41) is 2.81. The number of anilines is 1. The molecule has 2 heterocycles. The van der Waals surface area contributed by atoms with Crippen LogP contribution in [0.25, 0.3) is 0 Å². The molecule has 0 aromatic heterocycles. The molecular formula is C20H27N3O2. The summed E-state index contributed by atoms with van der Waals surface area (Å²) in [5.74, 6) is 1.58. The SMILES string of the molecule is C[C@@H]1CC[C@H]2[C@@H](CCCN2C(=O)c2cccc(N3CCNC3=O)c2)C1. The molecule has 5 heteroatoms. The van der Waals surface area contributed by atoms with Crippen molar-refractivity contribution in [3.8, 4) is 0 Å². The highest BCUT2D eigenvalue weighted by Gasteiger charge is 2.38. The fraction of sp³-hybridized carbons (Fsp3) is 0.600. The number of carbonyl (C=O) groups excluding carboxylic acids is 2. The molecule has 0 bridgehead atoms. The number of carbonyl (C=O) groups is 2. The monoisotopic (exact) mass is 341 g/mol. The number of nitrogens with zero attached hydrogens (tertiary/aromatic N) is 2. The summed E-state index contributed by atoms with van der Waals surface area (Å²) in [7, 11) is 0. The fourth-order valence-electron chi connectivity index (χ4n) is 4.84. The molecule has 3 amide bonds. The summed E-state index contributed by atoms with van der Waals surface area (Å²) in [5.41, 5.74) is 1.52. The standard InChI is InChI=1S/C20H27N3O2/c1-14-7-8-18-15(12-14)5-3-10-23(18)19(24)16-4-2-6-17(13-16)22-11-9-21-20(22)25/h2,4,6,13-15,18H,3,5,7-12H2,1H3,(H,21,25)/t14-,15+,18+/m1/s1. The predicted octanol–water partition coefficient (Wildman–Crippen LogP) is 3.26. The lowest BCUT2D eigenvalue weighted by atomic mass is 9.74. The van der Waals surface area contributed by atoms with Gasteiger partial charge in [-0.05, 0) is 62.1 Å². The maximum Gasteiger partial charge on any atom is 0.321 e. The highest BCUT2D eigenvalue weighted by molar-refractivity contribution is 5.98. The zero-order chi connectivity index (χ0) is 17.4. The number of benzene rings is 1. The molecule has 2 saturated heterocycles. The first-order chi connectivity index (χ1) is 12.1. The number of nitrogens with one attached hydrogen (secondary N) is 1. The molecule has 5 nitrogen and oxygen atoms in total. The first kappa shape index (κ1) is 16.4. The first-order valence-electron chi connectivity index (χ1n) is 9.60. The Hall–Kier alpha value is -2.04. The Morgan fingerprint density at radius 1 is 1.20 bits per heavy atom. The van der Waals surface area contributed by atoms with E-state index in [1.807, 2.05) is 24.3 Å². The lowest BCUT2D eigenvalue weighted by Crippen LogP contribution is -2.50. The number of hydrogen-bond donors (Lipinski definition) is 1. The summed E-state index contributed by atoms with van der Waals surface area (Å²) in [6, 6.07) is 7.87. The van der Waals surface area contributed by atoms with Crippen molar-refractivity contribution >= 4 is 17.6 Å². The number of urea groups is 1. The van der Waals surface area contributed by atoms with E-state index < -0.39 is 0 Å². The molecular weight excluding hydrogens is 314 g/mol.